The highest BCUT2D eigenvalue weighted by Crippen LogP contribution is 2.25. The van der Waals surface area contributed by atoms with Crippen molar-refractivity contribution in [1.29, 1.82) is 0 Å². The van der Waals surface area contributed by atoms with Gasteiger partial charge in [-0.25, -0.2) is 4.39 Å². The minimum absolute atomic E-state index is 0.0184. The quantitative estimate of drug-likeness (QED) is 0.843. The summed E-state index contributed by atoms with van der Waals surface area (Å²) in [7, 11) is 0. The number of hydrogen-bond donors (Lipinski definition) is 2. The van der Waals surface area contributed by atoms with E-state index in [4.69, 9.17) is 4.74 Å². The number of aliphatic hydroxyl groups excluding tert-OH is 1. The molecule has 4 nitrogen and oxygen atoms in total. The fraction of sp³-hybridized carbons (Fsp3) is 0.462. The van der Waals surface area contributed by atoms with Crippen LogP contribution in [0.5, 0.6) is 5.75 Å². The molecule has 0 radical (unpaired) electrons. The molecule has 18 heavy (non-hydrogen) atoms. The lowest BCUT2D eigenvalue weighted by Gasteiger charge is -2.14. The van der Waals surface area contributed by atoms with E-state index in [0.29, 0.717) is 5.56 Å². The van der Waals surface area contributed by atoms with Crippen LogP contribution in [-0.2, 0) is 4.79 Å². The molecule has 0 unspecified atom stereocenters. The molecular formula is C13H18FNO3. The van der Waals surface area contributed by atoms with Crippen LogP contribution >= 0.6 is 0 Å². The van der Waals surface area contributed by atoms with Gasteiger partial charge in [-0.05, 0) is 32.9 Å². The molecule has 1 aromatic rings. The summed E-state index contributed by atoms with van der Waals surface area (Å²) in [5.74, 6) is -0.576. The van der Waals surface area contributed by atoms with Crippen LogP contribution in [-0.4, -0.2) is 23.7 Å². The first-order valence-corrected chi connectivity index (χ1v) is 5.80. The summed E-state index contributed by atoms with van der Waals surface area (Å²) in [5.41, 5.74) is 0.453. The molecule has 0 saturated heterocycles. The largest absolute Gasteiger partial charge is 0.483 e. The Balaban J connectivity index is 2.71. The molecule has 0 saturated carbocycles. The van der Waals surface area contributed by atoms with Gasteiger partial charge < -0.3 is 15.2 Å². The number of ether oxygens (including phenoxy) is 1. The van der Waals surface area contributed by atoms with Crippen LogP contribution in [0.2, 0.25) is 0 Å². The van der Waals surface area contributed by atoms with Crippen molar-refractivity contribution in [3.63, 3.8) is 0 Å². The van der Waals surface area contributed by atoms with Gasteiger partial charge in [0.25, 0.3) is 5.91 Å². The molecule has 100 valence electrons. The second-order valence-corrected chi connectivity index (χ2v) is 4.37. The fourth-order valence-electron chi connectivity index (χ4n) is 1.49. The maximum absolute atomic E-state index is 13.1. The highest BCUT2D eigenvalue weighted by molar-refractivity contribution is 5.77. The molecule has 2 N–H and O–H groups in total. The number of halogens is 1. The number of rotatable bonds is 5. The van der Waals surface area contributed by atoms with Gasteiger partial charge in [0.2, 0.25) is 0 Å². The maximum atomic E-state index is 13.1. The monoisotopic (exact) mass is 255 g/mol. The maximum Gasteiger partial charge on any atom is 0.258 e. The average molecular weight is 255 g/mol. The van der Waals surface area contributed by atoms with Gasteiger partial charge in [-0.1, -0.05) is 0 Å². The summed E-state index contributed by atoms with van der Waals surface area (Å²) < 4.78 is 18.3. The third-order valence-electron chi connectivity index (χ3n) is 2.23. The molecule has 0 aliphatic carbocycles. The Kier molecular flexibility index (Phi) is 5.09. The third kappa shape index (κ3) is 4.33. The zero-order valence-electron chi connectivity index (χ0n) is 10.7. The first kappa shape index (κ1) is 14.4. The number of aliphatic hydroxyl groups is 1. The first-order valence-electron chi connectivity index (χ1n) is 5.80. The Bertz CT molecular complexity index is 419. The van der Waals surface area contributed by atoms with E-state index in [1.165, 1.54) is 12.1 Å². The van der Waals surface area contributed by atoms with Crippen molar-refractivity contribution in [2.45, 2.75) is 32.9 Å². The SMILES string of the molecule is CC(C)NC(=O)COc1cc(F)ccc1[C@@H](C)O. The Morgan fingerprint density at radius 2 is 2.11 bits per heavy atom. The summed E-state index contributed by atoms with van der Waals surface area (Å²) in [6.45, 7) is 5.01. The zero-order chi connectivity index (χ0) is 13.7. The predicted molar refractivity (Wildman–Crippen MR) is 65.8 cm³/mol. The molecule has 5 heteroatoms. The summed E-state index contributed by atoms with van der Waals surface area (Å²) in [6.07, 6.45) is -0.784. The van der Waals surface area contributed by atoms with E-state index < -0.39 is 11.9 Å². The number of benzene rings is 1. The highest BCUT2D eigenvalue weighted by atomic mass is 19.1. The Morgan fingerprint density at radius 3 is 2.67 bits per heavy atom. The van der Waals surface area contributed by atoms with Gasteiger partial charge >= 0.3 is 0 Å². The fourth-order valence-corrected chi connectivity index (χ4v) is 1.49. The number of nitrogens with one attached hydrogen (secondary N) is 1. The topological polar surface area (TPSA) is 58.6 Å². The van der Waals surface area contributed by atoms with Crippen LogP contribution in [0.15, 0.2) is 18.2 Å². The minimum atomic E-state index is -0.784. The lowest BCUT2D eigenvalue weighted by molar-refractivity contribution is -0.123. The lowest BCUT2D eigenvalue weighted by Crippen LogP contribution is -2.34. The molecule has 1 aromatic carbocycles. The van der Waals surface area contributed by atoms with E-state index in [0.717, 1.165) is 6.07 Å². The van der Waals surface area contributed by atoms with E-state index in [-0.39, 0.29) is 24.3 Å². The standard InChI is InChI=1S/C13H18FNO3/c1-8(2)15-13(17)7-18-12-6-10(14)4-5-11(12)9(3)16/h4-6,8-9,16H,7H2,1-3H3,(H,15,17)/t9-/m1/s1. The second-order valence-electron chi connectivity index (χ2n) is 4.37. The summed E-state index contributed by atoms with van der Waals surface area (Å²) in [5, 5.41) is 12.2. The number of hydrogen-bond acceptors (Lipinski definition) is 3. The number of carbonyl (C=O) groups is 1. The van der Waals surface area contributed by atoms with Crippen molar-refractivity contribution < 1.29 is 19.0 Å². The van der Waals surface area contributed by atoms with E-state index >= 15 is 0 Å². The van der Waals surface area contributed by atoms with Gasteiger partial charge in [-0.2, -0.15) is 0 Å². The lowest BCUT2D eigenvalue weighted by atomic mass is 10.1. The van der Waals surface area contributed by atoms with Gasteiger partial charge in [0.05, 0.1) is 6.10 Å². The molecule has 0 bridgehead atoms. The summed E-state index contributed by atoms with van der Waals surface area (Å²) in [6, 6.07) is 3.86. The number of amides is 1. The van der Waals surface area contributed by atoms with Gasteiger partial charge in [-0.15, -0.1) is 0 Å². The van der Waals surface area contributed by atoms with Gasteiger partial charge in [0.1, 0.15) is 11.6 Å². The number of carbonyl (C=O) groups excluding carboxylic acids is 1. The van der Waals surface area contributed by atoms with Crippen LogP contribution in [0.25, 0.3) is 0 Å². The minimum Gasteiger partial charge on any atom is -0.483 e. The zero-order valence-corrected chi connectivity index (χ0v) is 10.7. The molecule has 1 atom stereocenters. The van der Waals surface area contributed by atoms with Gasteiger partial charge in [0, 0.05) is 17.7 Å². The van der Waals surface area contributed by atoms with Crippen LogP contribution in [0, 0.1) is 5.82 Å². The smallest absolute Gasteiger partial charge is 0.258 e. The van der Waals surface area contributed by atoms with Gasteiger partial charge in [-0.3, -0.25) is 4.79 Å². The van der Waals surface area contributed by atoms with Gasteiger partial charge in [0.15, 0.2) is 6.61 Å². The van der Waals surface area contributed by atoms with Crippen LogP contribution in [0.3, 0.4) is 0 Å². The van der Waals surface area contributed by atoms with Crippen molar-refractivity contribution in [3.05, 3.63) is 29.6 Å². The third-order valence-corrected chi connectivity index (χ3v) is 2.23. The summed E-state index contributed by atoms with van der Waals surface area (Å²) in [4.78, 5) is 11.4. The summed E-state index contributed by atoms with van der Waals surface area (Å²) >= 11 is 0. The van der Waals surface area contributed by atoms with E-state index in [2.05, 4.69) is 5.32 Å². The molecule has 0 spiro atoms. The molecule has 0 aliphatic heterocycles. The van der Waals surface area contributed by atoms with Crippen molar-refractivity contribution in [3.8, 4) is 5.75 Å². The molecule has 0 heterocycles. The average Bonchev–Trinajstić information content (AvgIpc) is 2.25. The molecule has 0 aliphatic rings. The Hall–Kier alpha value is -1.62. The molecule has 0 fully saturated rings. The Labute approximate surface area is 106 Å². The van der Waals surface area contributed by atoms with Crippen molar-refractivity contribution in [2.24, 2.45) is 0 Å². The second kappa shape index (κ2) is 6.35. The van der Waals surface area contributed by atoms with E-state index in [9.17, 15) is 14.3 Å². The molecular weight excluding hydrogens is 237 g/mol. The van der Waals surface area contributed by atoms with Crippen LogP contribution in [0.1, 0.15) is 32.4 Å². The van der Waals surface area contributed by atoms with E-state index in [1.807, 2.05) is 13.8 Å². The highest BCUT2D eigenvalue weighted by Gasteiger charge is 2.12. The van der Waals surface area contributed by atoms with E-state index in [1.54, 1.807) is 6.92 Å². The van der Waals surface area contributed by atoms with Crippen molar-refractivity contribution in [2.75, 3.05) is 6.61 Å². The predicted octanol–water partition coefficient (Wildman–Crippen LogP) is 1.78. The molecule has 1 amide bonds. The van der Waals surface area contributed by atoms with Crippen LogP contribution in [0.4, 0.5) is 4.39 Å². The normalized spacial score (nSPS) is 12.3. The van der Waals surface area contributed by atoms with Crippen LogP contribution < -0.4 is 10.1 Å². The first-order chi connectivity index (χ1) is 8.40. The molecule has 0 aromatic heterocycles. The molecule has 1 rings (SSSR count). The van der Waals surface area contributed by atoms with Crippen molar-refractivity contribution >= 4 is 5.91 Å². The van der Waals surface area contributed by atoms with Crippen molar-refractivity contribution in [1.82, 2.24) is 5.32 Å². The Morgan fingerprint density at radius 1 is 1.44 bits per heavy atom.